The molecule has 5 nitrogen and oxygen atoms in total. The lowest BCUT2D eigenvalue weighted by Crippen LogP contribution is -2.46. The highest BCUT2D eigenvalue weighted by Crippen LogP contribution is 2.35. The van der Waals surface area contributed by atoms with E-state index in [1.54, 1.807) is 6.92 Å². The molecule has 5 heteroatoms. The average molecular weight is 394 g/mol. The molecule has 0 fully saturated rings. The van der Waals surface area contributed by atoms with E-state index in [0.29, 0.717) is 12.8 Å². The number of aliphatic hydroxyl groups is 2. The van der Waals surface area contributed by atoms with Crippen LogP contribution in [-0.4, -0.2) is 34.2 Å². The van der Waals surface area contributed by atoms with Crippen LogP contribution in [0.3, 0.4) is 0 Å². The maximum atomic E-state index is 13.0. The van der Waals surface area contributed by atoms with Crippen LogP contribution in [0, 0.1) is 5.92 Å². The second-order valence-corrected chi connectivity index (χ2v) is 7.42. The summed E-state index contributed by atoms with van der Waals surface area (Å²) in [7, 11) is 0. The van der Waals surface area contributed by atoms with E-state index in [-0.39, 0.29) is 5.57 Å². The van der Waals surface area contributed by atoms with E-state index < -0.39 is 41.6 Å². The first-order valence-corrected chi connectivity index (χ1v) is 9.89. The quantitative estimate of drug-likeness (QED) is 0.699. The molecule has 2 N–H and O–H groups in total. The van der Waals surface area contributed by atoms with Crippen LogP contribution < -0.4 is 0 Å². The lowest BCUT2D eigenvalue weighted by atomic mass is 9.81. The molecule has 2 aromatic carbocycles. The minimum atomic E-state index is -1.22. The van der Waals surface area contributed by atoms with Gasteiger partial charge in [0.25, 0.3) is 0 Å². The summed E-state index contributed by atoms with van der Waals surface area (Å²) in [6, 6.07) is 18.6. The van der Waals surface area contributed by atoms with Crippen molar-refractivity contribution in [1.82, 2.24) is 0 Å². The molecule has 0 amide bonds. The molecule has 1 aliphatic heterocycles. The van der Waals surface area contributed by atoms with E-state index in [1.165, 1.54) is 0 Å². The number of esters is 1. The number of hydrogen-bond acceptors (Lipinski definition) is 5. The number of hydrogen-bond donors (Lipinski definition) is 2. The average Bonchev–Trinajstić information content (AvgIpc) is 2.73. The number of benzene rings is 2. The zero-order valence-electron chi connectivity index (χ0n) is 16.6. The van der Waals surface area contributed by atoms with Gasteiger partial charge in [0, 0.05) is 11.8 Å². The highest BCUT2D eigenvalue weighted by Gasteiger charge is 2.44. The van der Waals surface area contributed by atoms with Crippen molar-refractivity contribution < 1.29 is 24.5 Å². The number of cyclic esters (lactones) is 1. The zero-order valence-corrected chi connectivity index (χ0v) is 16.6. The van der Waals surface area contributed by atoms with Crippen LogP contribution in [0.4, 0.5) is 0 Å². The first kappa shape index (κ1) is 20.8. The Labute approximate surface area is 170 Å². The first-order valence-electron chi connectivity index (χ1n) is 9.89. The summed E-state index contributed by atoms with van der Waals surface area (Å²) in [6.45, 7) is 3.44. The normalized spacial score (nSPS) is 20.2. The SMILES string of the molecule is CCC(C1=C(O)C(=O)[C@H](C(Cc2ccccc2)[C@@H](C)O)OC1=O)c1ccccc1. The van der Waals surface area contributed by atoms with Gasteiger partial charge >= 0.3 is 5.97 Å². The number of rotatable bonds is 7. The second-order valence-electron chi connectivity index (χ2n) is 7.42. The molecule has 1 aliphatic rings. The third kappa shape index (κ3) is 4.40. The van der Waals surface area contributed by atoms with Gasteiger partial charge in [0.1, 0.15) is 0 Å². The highest BCUT2D eigenvalue weighted by atomic mass is 16.6. The predicted molar refractivity (Wildman–Crippen MR) is 109 cm³/mol. The van der Waals surface area contributed by atoms with Crippen LogP contribution in [0.15, 0.2) is 72.0 Å². The zero-order chi connectivity index (χ0) is 21.0. The Balaban J connectivity index is 1.93. The minimum Gasteiger partial charge on any atom is -0.504 e. The van der Waals surface area contributed by atoms with Crippen molar-refractivity contribution in [2.75, 3.05) is 0 Å². The van der Waals surface area contributed by atoms with Gasteiger partial charge in [0.15, 0.2) is 11.9 Å². The van der Waals surface area contributed by atoms with Gasteiger partial charge in [-0.3, -0.25) is 4.79 Å². The second kappa shape index (κ2) is 9.05. The summed E-state index contributed by atoms with van der Waals surface area (Å²) in [4.78, 5) is 25.8. The largest absolute Gasteiger partial charge is 0.504 e. The summed E-state index contributed by atoms with van der Waals surface area (Å²) in [5.74, 6) is -3.01. The fourth-order valence-corrected chi connectivity index (χ4v) is 3.89. The van der Waals surface area contributed by atoms with E-state index in [9.17, 15) is 19.8 Å². The number of carbonyl (C=O) groups is 2. The molecule has 152 valence electrons. The maximum Gasteiger partial charge on any atom is 0.339 e. The maximum absolute atomic E-state index is 13.0. The summed E-state index contributed by atoms with van der Waals surface area (Å²) >= 11 is 0. The van der Waals surface area contributed by atoms with Crippen LogP contribution in [0.2, 0.25) is 0 Å². The molecule has 1 heterocycles. The Bertz CT molecular complexity index is 886. The van der Waals surface area contributed by atoms with Crippen molar-refractivity contribution in [3.63, 3.8) is 0 Å². The Morgan fingerprint density at radius 2 is 1.59 bits per heavy atom. The summed E-state index contributed by atoms with van der Waals surface area (Å²) < 4.78 is 5.52. The van der Waals surface area contributed by atoms with Gasteiger partial charge in [-0.25, -0.2) is 4.79 Å². The lowest BCUT2D eigenvalue weighted by molar-refractivity contribution is -0.160. The summed E-state index contributed by atoms with van der Waals surface area (Å²) in [5.41, 5.74) is 1.73. The molecule has 0 bridgehead atoms. The fourth-order valence-electron chi connectivity index (χ4n) is 3.89. The van der Waals surface area contributed by atoms with Gasteiger partial charge in [-0.05, 0) is 30.9 Å². The number of Topliss-reactive ketones (excluding diaryl/α,β-unsaturated/α-hetero) is 1. The van der Waals surface area contributed by atoms with Crippen molar-refractivity contribution in [2.24, 2.45) is 5.92 Å². The standard InChI is InChI=1S/C24H26O5/c1-3-18(17-12-8-5-9-13-17)20-21(26)22(27)23(29-24(20)28)19(15(2)25)14-16-10-6-4-7-11-16/h4-13,15,18-19,23,25-26H,3,14H2,1-2H3/t15-,18?,19?,23+/m1/s1. The molecule has 29 heavy (non-hydrogen) atoms. The summed E-state index contributed by atoms with van der Waals surface area (Å²) in [5, 5.41) is 21.0. The molecule has 0 saturated heterocycles. The van der Waals surface area contributed by atoms with E-state index in [4.69, 9.17) is 4.74 Å². The van der Waals surface area contributed by atoms with Crippen LogP contribution in [0.5, 0.6) is 0 Å². The van der Waals surface area contributed by atoms with E-state index in [0.717, 1.165) is 11.1 Å². The van der Waals surface area contributed by atoms with E-state index >= 15 is 0 Å². The third-order valence-electron chi connectivity index (χ3n) is 5.48. The molecule has 0 aromatic heterocycles. The Kier molecular flexibility index (Phi) is 6.49. The van der Waals surface area contributed by atoms with Gasteiger partial charge in [-0.15, -0.1) is 0 Å². The molecule has 0 radical (unpaired) electrons. The van der Waals surface area contributed by atoms with Crippen molar-refractivity contribution in [3.8, 4) is 0 Å². The van der Waals surface area contributed by atoms with Crippen molar-refractivity contribution in [2.45, 2.75) is 44.8 Å². The number of ketones is 1. The Morgan fingerprint density at radius 1 is 1.00 bits per heavy atom. The van der Waals surface area contributed by atoms with E-state index in [2.05, 4.69) is 0 Å². The van der Waals surface area contributed by atoms with E-state index in [1.807, 2.05) is 67.6 Å². The first-order chi connectivity index (χ1) is 13.9. The minimum absolute atomic E-state index is 0.0102. The monoisotopic (exact) mass is 394 g/mol. The van der Waals surface area contributed by atoms with Crippen LogP contribution in [0.1, 0.15) is 37.3 Å². The highest BCUT2D eigenvalue weighted by molar-refractivity contribution is 6.09. The van der Waals surface area contributed by atoms with Gasteiger partial charge in [0.05, 0.1) is 11.7 Å². The molecule has 2 unspecified atom stereocenters. The van der Waals surface area contributed by atoms with Gasteiger partial charge in [-0.2, -0.15) is 0 Å². The third-order valence-corrected chi connectivity index (χ3v) is 5.48. The van der Waals surface area contributed by atoms with Gasteiger partial charge in [0.2, 0.25) is 5.78 Å². The van der Waals surface area contributed by atoms with Crippen LogP contribution in [0.25, 0.3) is 0 Å². The number of carbonyl (C=O) groups excluding carboxylic acids is 2. The number of aliphatic hydroxyl groups excluding tert-OH is 2. The molecule has 3 rings (SSSR count). The van der Waals surface area contributed by atoms with Gasteiger partial charge < -0.3 is 14.9 Å². The van der Waals surface area contributed by atoms with Crippen LogP contribution in [-0.2, 0) is 20.7 Å². The summed E-state index contributed by atoms with van der Waals surface area (Å²) in [6.07, 6.45) is -1.25. The molecule has 0 saturated carbocycles. The lowest BCUT2D eigenvalue weighted by Gasteiger charge is -2.33. The Morgan fingerprint density at radius 3 is 2.14 bits per heavy atom. The Hall–Kier alpha value is -2.92. The molecule has 0 spiro atoms. The van der Waals surface area contributed by atoms with Gasteiger partial charge in [-0.1, -0.05) is 67.6 Å². The van der Waals surface area contributed by atoms with Crippen molar-refractivity contribution in [3.05, 3.63) is 83.1 Å². The van der Waals surface area contributed by atoms with Crippen molar-refractivity contribution in [1.29, 1.82) is 0 Å². The molecule has 0 aliphatic carbocycles. The predicted octanol–water partition coefficient (Wildman–Crippen LogP) is 3.73. The molecule has 2 aromatic rings. The fraction of sp³-hybridized carbons (Fsp3) is 0.333. The van der Waals surface area contributed by atoms with Crippen molar-refractivity contribution >= 4 is 11.8 Å². The molecular formula is C24H26O5. The number of ether oxygens (including phenoxy) is 1. The van der Waals surface area contributed by atoms with Crippen LogP contribution >= 0.6 is 0 Å². The smallest absolute Gasteiger partial charge is 0.339 e. The molecular weight excluding hydrogens is 368 g/mol. The molecule has 4 atom stereocenters. The topological polar surface area (TPSA) is 83.8 Å².